The number of amides is 1. The largest absolute Gasteiger partial charge is 0.353 e. The molecule has 3 aromatic rings. The second-order valence-electron chi connectivity index (χ2n) is 12.7. The van der Waals surface area contributed by atoms with Crippen LogP contribution in [-0.4, -0.2) is 74.2 Å². The number of hydrogen-bond donors (Lipinski definition) is 1. The Bertz CT molecular complexity index is 1660. The van der Waals surface area contributed by atoms with Gasteiger partial charge in [-0.15, -0.1) is 0 Å². The van der Waals surface area contributed by atoms with Crippen LogP contribution < -0.4 is 14.5 Å². The molecule has 0 bridgehead atoms. The van der Waals surface area contributed by atoms with E-state index in [2.05, 4.69) is 32.5 Å². The molecule has 1 saturated carbocycles. The van der Waals surface area contributed by atoms with Crippen LogP contribution in [0.3, 0.4) is 0 Å². The van der Waals surface area contributed by atoms with Gasteiger partial charge in [-0.1, -0.05) is 18.9 Å². The van der Waals surface area contributed by atoms with Crippen LogP contribution in [-0.2, 0) is 20.2 Å². The molecule has 0 radical (unpaired) electrons. The second-order valence-corrected chi connectivity index (χ2v) is 14.5. The van der Waals surface area contributed by atoms with Gasteiger partial charge in [0.05, 0.1) is 34.8 Å². The zero-order chi connectivity index (χ0) is 28.6. The molecule has 9 nitrogen and oxygen atoms in total. The lowest BCUT2D eigenvalue weighted by Gasteiger charge is -2.41. The third-order valence-electron chi connectivity index (χ3n) is 9.98. The number of aromatic nitrogens is 2. The van der Waals surface area contributed by atoms with Crippen molar-refractivity contribution in [1.82, 2.24) is 14.9 Å². The zero-order valence-corrected chi connectivity index (χ0v) is 24.9. The van der Waals surface area contributed by atoms with Gasteiger partial charge < -0.3 is 9.80 Å². The van der Waals surface area contributed by atoms with Crippen LogP contribution in [0.15, 0.2) is 36.7 Å². The van der Waals surface area contributed by atoms with Crippen LogP contribution in [0.2, 0.25) is 0 Å². The molecule has 1 spiro atoms. The maximum Gasteiger partial charge on any atom is 0.237 e. The number of hydrogen-bond acceptors (Lipinski definition) is 7. The molecular formula is C31H38N6O3S. The SMILES string of the molecule is CN1C(=O)C2(CCC2)c2c1cnc1ccc(-c3cnc(N4CC[C@@](C)(N5CCCCC5)C4)c(NS(C)(=O)=O)c3)cc21. The van der Waals surface area contributed by atoms with Crippen molar-refractivity contribution in [2.24, 2.45) is 0 Å². The Kier molecular flexibility index (Phi) is 6.10. The average molecular weight is 575 g/mol. The summed E-state index contributed by atoms with van der Waals surface area (Å²) in [5.74, 6) is 0.829. The van der Waals surface area contributed by atoms with Crippen molar-refractivity contribution in [3.05, 3.63) is 42.2 Å². The van der Waals surface area contributed by atoms with Gasteiger partial charge in [0.2, 0.25) is 15.9 Å². The Morgan fingerprint density at radius 3 is 2.41 bits per heavy atom. The molecule has 0 unspecified atom stereocenters. The van der Waals surface area contributed by atoms with Crippen LogP contribution in [0, 0.1) is 0 Å². The van der Waals surface area contributed by atoms with E-state index in [4.69, 9.17) is 4.98 Å². The van der Waals surface area contributed by atoms with Crippen molar-refractivity contribution in [1.29, 1.82) is 0 Å². The predicted molar refractivity (Wildman–Crippen MR) is 163 cm³/mol. The number of fused-ring (bicyclic) bond motifs is 4. The molecule has 216 valence electrons. The summed E-state index contributed by atoms with van der Waals surface area (Å²) in [5, 5.41) is 0.982. The van der Waals surface area contributed by atoms with E-state index in [1.165, 1.54) is 25.5 Å². The summed E-state index contributed by atoms with van der Waals surface area (Å²) >= 11 is 0. The van der Waals surface area contributed by atoms with E-state index in [-0.39, 0.29) is 11.4 Å². The average Bonchev–Trinajstić information content (AvgIpc) is 3.44. The van der Waals surface area contributed by atoms with E-state index in [0.29, 0.717) is 11.5 Å². The van der Waals surface area contributed by atoms with Gasteiger partial charge in [-0.2, -0.15) is 0 Å². The zero-order valence-electron chi connectivity index (χ0n) is 24.1. The highest BCUT2D eigenvalue weighted by atomic mass is 32.2. The maximum atomic E-state index is 13.3. The van der Waals surface area contributed by atoms with E-state index in [9.17, 15) is 13.2 Å². The lowest BCUT2D eigenvalue weighted by atomic mass is 9.64. The molecular weight excluding hydrogens is 536 g/mol. The van der Waals surface area contributed by atoms with Crippen molar-refractivity contribution in [2.75, 3.05) is 54.0 Å². The molecule has 10 heteroatoms. The van der Waals surface area contributed by atoms with Crippen LogP contribution >= 0.6 is 0 Å². The molecule has 1 atom stereocenters. The van der Waals surface area contributed by atoms with Gasteiger partial charge in [0, 0.05) is 48.4 Å². The van der Waals surface area contributed by atoms with Crippen molar-refractivity contribution >= 4 is 44.0 Å². The highest BCUT2D eigenvalue weighted by Gasteiger charge is 2.54. The Labute approximate surface area is 242 Å². The number of nitrogens with zero attached hydrogens (tertiary/aromatic N) is 5. The first-order valence-electron chi connectivity index (χ1n) is 14.8. The molecule has 5 heterocycles. The van der Waals surface area contributed by atoms with Gasteiger partial charge in [-0.05, 0) is 75.9 Å². The molecule has 1 aliphatic carbocycles. The van der Waals surface area contributed by atoms with Crippen LogP contribution in [0.5, 0.6) is 0 Å². The van der Waals surface area contributed by atoms with E-state index >= 15 is 0 Å². The Morgan fingerprint density at radius 1 is 0.927 bits per heavy atom. The quantitative estimate of drug-likeness (QED) is 0.478. The number of nitrogens with one attached hydrogen (secondary N) is 1. The highest BCUT2D eigenvalue weighted by Crippen LogP contribution is 2.55. The molecule has 7 rings (SSSR count). The number of carbonyl (C=O) groups is 1. The van der Waals surface area contributed by atoms with Crippen molar-refractivity contribution in [2.45, 2.75) is 62.8 Å². The van der Waals surface area contributed by atoms with Gasteiger partial charge in [-0.25, -0.2) is 13.4 Å². The maximum absolute atomic E-state index is 13.3. The predicted octanol–water partition coefficient (Wildman–Crippen LogP) is 4.52. The van der Waals surface area contributed by atoms with Gasteiger partial charge >= 0.3 is 0 Å². The summed E-state index contributed by atoms with van der Waals surface area (Å²) in [6, 6.07) is 7.98. The van der Waals surface area contributed by atoms with Gasteiger partial charge in [-0.3, -0.25) is 19.4 Å². The van der Waals surface area contributed by atoms with Crippen molar-refractivity contribution in [3.8, 4) is 11.1 Å². The minimum Gasteiger partial charge on any atom is -0.353 e. The third kappa shape index (κ3) is 4.29. The molecule has 2 saturated heterocycles. The number of likely N-dealkylation sites (N-methyl/N-ethyl adjacent to an activating group) is 1. The Morgan fingerprint density at radius 2 is 1.71 bits per heavy atom. The summed E-state index contributed by atoms with van der Waals surface area (Å²) in [4.78, 5) is 29.4. The monoisotopic (exact) mass is 574 g/mol. The van der Waals surface area contributed by atoms with Crippen molar-refractivity contribution in [3.63, 3.8) is 0 Å². The molecule has 1 aromatic carbocycles. The van der Waals surface area contributed by atoms with Crippen LogP contribution in [0.1, 0.15) is 57.4 Å². The van der Waals surface area contributed by atoms with Gasteiger partial charge in [0.25, 0.3) is 0 Å². The summed E-state index contributed by atoms with van der Waals surface area (Å²) in [7, 11) is -1.68. The summed E-state index contributed by atoms with van der Waals surface area (Å²) in [5.41, 5.74) is 4.65. The first-order valence-corrected chi connectivity index (χ1v) is 16.7. The lowest BCUT2D eigenvalue weighted by Crippen LogP contribution is -2.50. The molecule has 3 aliphatic heterocycles. The molecule has 1 amide bonds. The van der Waals surface area contributed by atoms with Crippen LogP contribution in [0.4, 0.5) is 17.2 Å². The summed E-state index contributed by atoms with van der Waals surface area (Å²) < 4.78 is 27.7. The number of anilines is 3. The summed E-state index contributed by atoms with van der Waals surface area (Å²) in [6.07, 6.45) is 12.4. The Hall–Kier alpha value is -3.24. The first-order chi connectivity index (χ1) is 19.6. The minimum atomic E-state index is -3.52. The van der Waals surface area contributed by atoms with E-state index in [0.717, 1.165) is 85.1 Å². The Balaban J connectivity index is 1.28. The lowest BCUT2D eigenvalue weighted by molar-refractivity contribution is -0.125. The molecule has 3 fully saturated rings. The van der Waals surface area contributed by atoms with Gasteiger partial charge in [0.15, 0.2) is 5.82 Å². The smallest absolute Gasteiger partial charge is 0.237 e. The standard InChI is InChI=1S/C31H38N6O3S/c1-30(37-13-5-4-6-14-37)12-15-36(20-30)28-25(34-41(3,39)40)17-22(18-33-28)21-8-9-24-23(16-21)27-26(19-32-24)35(2)29(38)31(27)10-7-11-31/h8-9,16-19,34H,4-7,10-15,20H2,1-3H3/t30-/m1/s1. The van der Waals surface area contributed by atoms with Crippen LogP contribution in [0.25, 0.3) is 22.0 Å². The fraction of sp³-hybridized carbons (Fsp3) is 0.516. The summed E-state index contributed by atoms with van der Waals surface area (Å²) in [6.45, 7) is 6.21. The molecule has 4 aliphatic rings. The third-order valence-corrected chi connectivity index (χ3v) is 10.6. The second kappa shape index (κ2) is 9.39. The number of pyridine rings is 2. The number of sulfonamides is 1. The van der Waals surface area contributed by atoms with E-state index < -0.39 is 15.4 Å². The number of piperidine rings is 1. The number of carbonyl (C=O) groups excluding carboxylic acids is 1. The molecule has 41 heavy (non-hydrogen) atoms. The molecule has 1 N–H and O–H groups in total. The fourth-order valence-corrected chi connectivity index (χ4v) is 8.16. The van der Waals surface area contributed by atoms with Gasteiger partial charge in [0.1, 0.15) is 0 Å². The number of benzene rings is 1. The first kappa shape index (κ1) is 26.6. The van der Waals surface area contributed by atoms with E-state index in [1.807, 2.05) is 37.6 Å². The minimum absolute atomic E-state index is 0.0525. The number of likely N-dealkylation sites (tertiary alicyclic amines) is 1. The fourth-order valence-electron chi connectivity index (χ4n) is 7.61. The topological polar surface area (TPSA) is 98.7 Å². The van der Waals surface area contributed by atoms with Crippen molar-refractivity contribution < 1.29 is 13.2 Å². The molecule has 2 aromatic heterocycles. The van der Waals surface area contributed by atoms with E-state index in [1.54, 1.807) is 4.90 Å². The highest BCUT2D eigenvalue weighted by molar-refractivity contribution is 7.92. The number of rotatable bonds is 5. The normalized spacial score (nSPS) is 24.2.